The number of carboxylic acid groups (broad SMARTS) is 1. The van der Waals surface area contributed by atoms with E-state index < -0.39 is 18.6 Å². The molecule has 2 unspecified atom stereocenters. The lowest BCUT2D eigenvalue weighted by Gasteiger charge is -2.42. The molecule has 1 heterocycles. The number of halogens is 2. The molecule has 0 radical (unpaired) electrons. The summed E-state index contributed by atoms with van der Waals surface area (Å²) in [5, 5.41) is 28.9. The van der Waals surface area contributed by atoms with E-state index in [1.807, 2.05) is 18.2 Å². The molecule has 0 bridgehead atoms. The first-order valence-electron chi connectivity index (χ1n) is 9.73. The van der Waals surface area contributed by atoms with E-state index in [0.29, 0.717) is 42.1 Å². The maximum atomic E-state index is 11.9. The number of carboxylic acids is 1. The van der Waals surface area contributed by atoms with Crippen LogP contribution in [0.1, 0.15) is 50.6 Å². The summed E-state index contributed by atoms with van der Waals surface area (Å²) in [4.78, 5) is 14.2. The van der Waals surface area contributed by atoms with E-state index in [9.17, 15) is 9.90 Å². The zero-order chi connectivity index (χ0) is 20.9. The molecule has 28 heavy (non-hydrogen) atoms. The molecule has 9 heteroatoms. The van der Waals surface area contributed by atoms with E-state index in [4.69, 9.17) is 39.0 Å². The largest absolute Gasteiger partial charge is 0.480 e. The fraction of sp³-hybridized carbons (Fsp3) is 0.632. The minimum Gasteiger partial charge on any atom is -0.480 e. The first-order chi connectivity index (χ1) is 13.2. The van der Waals surface area contributed by atoms with Gasteiger partial charge in [-0.2, -0.15) is 0 Å². The highest BCUT2D eigenvalue weighted by atomic mass is 35.5. The Morgan fingerprint density at radius 1 is 1.29 bits per heavy atom. The van der Waals surface area contributed by atoms with Gasteiger partial charge in [-0.15, -0.1) is 0 Å². The molecule has 0 aromatic heterocycles. The minimum absolute atomic E-state index is 0.0326. The van der Waals surface area contributed by atoms with Crippen molar-refractivity contribution in [3.8, 4) is 0 Å². The molecule has 1 aromatic rings. The second-order valence-corrected chi connectivity index (χ2v) is 8.51. The molecule has 0 amide bonds. The highest BCUT2D eigenvalue weighted by molar-refractivity contribution is 6.40. The van der Waals surface area contributed by atoms with Crippen LogP contribution < -0.4 is 5.73 Å². The number of benzene rings is 1. The lowest BCUT2D eigenvalue weighted by Crippen LogP contribution is -2.57. The van der Waals surface area contributed by atoms with Gasteiger partial charge in [-0.25, -0.2) is 0 Å². The van der Waals surface area contributed by atoms with Crippen LogP contribution in [0.5, 0.6) is 0 Å². The van der Waals surface area contributed by atoms with Crippen LogP contribution in [0.25, 0.3) is 0 Å². The summed E-state index contributed by atoms with van der Waals surface area (Å²) >= 11 is 12.7. The number of unbranched alkanes of at least 4 members (excludes halogenated alkanes) is 1. The summed E-state index contributed by atoms with van der Waals surface area (Å²) in [5.74, 6) is -1.12. The van der Waals surface area contributed by atoms with Crippen LogP contribution in [0.15, 0.2) is 18.2 Å². The van der Waals surface area contributed by atoms with Crippen molar-refractivity contribution in [2.24, 2.45) is 11.7 Å². The Bertz CT molecular complexity index is 651. The zero-order valence-electron chi connectivity index (χ0n) is 16.2. The van der Waals surface area contributed by atoms with E-state index in [1.54, 1.807) is 0 Å². The quantitative estimate of drug-likeness (QED) is 0.354. The standard InChI is InChI=1S/C19H29BCl2N2O4/c1-13(17-15(21)5-4-6-16(17)22)24-11-7-14(8-12-24)19(23,18(25)26)9-2-3-10-20(27)28/h4-6,13-14,27-28H,2-3,7-12,23H2,1H3,(H,25,26). The van der Waals surface area contributed by atoms with Crippen LogP contribution in [-0.4, -0.2) is 51.8 Å². The number of piperidine rings is 1. The normalized spacial score (nSPS) is 19.2. The molecule has 156 valence electrons. The Morgan fingerprint density at radius 3 is 2.36 bits per heavy atom. The van der Waals surface area contributed by atoms with Crippen molar-refractivity contribution >= 4 is 36.3 Å². The third-order valence-corrected chi connectivity index (χ3v) is 6.58. The third kappa shape index (κ3) is 5.62. The van der Waals surface area contributed by atoms with Crippen molar-refractivity contribution < 1.29 is 19.9 Å². The van der Waals surface area contributed by atoms with Gasteiger partial charge in [0.25, 0.3) is 0 Å². The smallest absolute Gasteiger partial charge is 0.451 e. The van der Waals surface area contributed by atoms with E-state index in [0.717, 1.165) is 18.7 Å². The number of nitrogens with zero attached hydrogens (tertiary/aromatic N) is 1. The molecule has 0 spiro atoms. The number of likely N-dealkylation sites (tertiary alicyclic amines) is 1. The van der Waals surface area contributed by atoms with E-state index in [2.05, 4.69) is 11.8 Å². The van der Waals surface area contributed by atoms with Gasteiger partial charge in [0, 0.05) is 21.7 Å². The molecule has 6 nitrogen and oxygen atoms in total. The Labute approximate surface area is 176 Å². The van der Waals surface area contributed by atoms with Crippen LogP contribution in [0.2, 0.25) is 16.4 Å². The molecule has 1 saturated heterocycles. The van der Waals surface area contributed by atoms with Crippen molar-refractivity contribution in [3.05, 3.63) is 33.8 Å². The molecule has 5 N–H and O–H groups in total. The van der Waals surface area contributed by atoms with Gasteiger partial charge in [-0.05, 0) is 63.6 Å². The maximum absolute atomic E-state index is 11.9. The van der Waals surface area contributed by atoms with Crippen molar-refractivity contribution in [2.75, 3.05) is 13.1 Å². The predicted molar refractivity (Wildman–Crippen MR) is 113 cm³/mol. The number of rotatable bonds is 9. The van der Waals surface area contributed by atoms with Gasteiger partial charge in [0.05, 0.1) is 0 Å². The van der Waals surface area contributed by atoms with E-state index in [1.165, 1.54) is 0 Å². The fourth-order valence-corrected chi connectivity index (χ4v) is 4.84. The molecule has 1 fully saturated rings. The van der Waals surface area contributed by atoms with Crippen molar-refractivity contribution in [1.29, 1.82) is 0 Å². The van der Waals surface area contributed by atoms with Crippen LogP contribution in [0.4, 0.5) is 0 Å². The number of nitrogens with two attached hydrogens (primary N) is 1. The van der Waals surface area contributed by atoms with Gasteiger partial charge in [0.1, 0.15) is 5.54 Å². The molecule has 2 atom stereocenters. The Morgan fingerprint density at radius 2 is 1.86 bits per heavy atom. The average Bonchev–Trinajstić information content (AvgIpc) is 2.64. The van der Waals surface area contributed by atoms with Crippen LogP contribution in [0.3, 0.4) is 0 Å². The van der Waals surface area contributed by atoms with Gasteiger partial charge in [0.15, 0.2) is 0 Å². The SMILES string of the molecule is CC(c1c(Cl)cccc1Cl)N1CCC(C(N)(CCCCB(O)O)C(=O)O)CC1. The van der Waals surface area contributed by atoms with Crippen molar-refractivity contribution in [2.45, 2.75) is 56.9 Å². The number of carbonyl (C=O) groups is 1. The number of aliphatic carboxylic acids is 1. The Balaban J connectivity index is 1.99. The lowest BCUT2D eigenvalue weighted by atomic mass is 9.74. The minimum atomic E-state index is -1.36. The molecular formula is C19H29BCl2N2O4. The highest BCUT2D eigenvalue weighted by Crippen LogP contribution is 2.38. The molecule has 1 aliphatic rings. The topological polar surface area (TPSA) is 107 Å². The first kappa shape index (κ1) is 23.5. The first-order valence-corrected chi connectivity index (χ1v) is 10.5. The fourth-order valence-electron chi connectivity index (χ4n) is 4.12. The molecule has 0 saturated carbocycles. The maximum Gasteiger partial charge on any atom is 0.451 e. The summed E-state index contributed by atoms with van der Waals surface area (Å²) in [6.07, 6.45) is 2.99. The number of hydrogen-bond donors (Lipinski definition) is 4. The monoisotopic (exact) mass is 430 g/mol. The summed E-state index contributed by atoms with van der Waals surface area (Å²) < 4.78 is 0. The molecule has 0 aliphatic carbocycles. The highest BCUT2D eigenvalue weighted by Gasteiger charge is 2.43. The summed E-state index contributed by atoms with van der Waals surface area (Å²) in [6.45, 7) is 3.49. The Hall–Kier alpha value is -0.825. The van der Waals surface area contributed by atoms with Crippen LogP contribution in [-0.2, 0) is 4.79 Å². The van der Waals surface area contributed by atoms with Gasteiger partial charge in [0.2, 0.25) is 0 Å². The predicted octanol–water partition coefficient (Wildman–Crippen LogP) is 3.19. The van der Waals surface area contributed by atoms with Crippen LogP contribution in [0, 0.1) is 5.92 Å². The summed E-state index contributed by atoms with van der Waals surface area (Å²) in [5.41, 5.74) is 5.93. The molecule has 2 rings (SSSR count). The van der Waals surface area contributed by atoms with Crippen molar-refractivity contribution in [3.63, 3.8) is 0 Å². The molecule has 1 aliphatic heterocycles. The molecule has 1 aromatic carbocycles. The number of hydrogen-bond acceptors (Lipinski definition) is 5. The summed E-state index contributed by atoms with van der Waals surface area (Å²) in [6, 6.07) is 5.50. The Kier molecular flexibility index (Phi) is 8.61. The van der Waals surface area contributed by atoms with Crippen molar-refractivity contribution in [1.82, 2.24) is 4.90 Å². The van der Waals surface area contributed by atoms with E-state index >= 15 is 0 Å². The summed E-state index contributed by atoms with van der Waals surface area (Å²) in [7, 11) is -1.36. The second-order valence-electron chi connectivity index (χ2n) is 7.69. The molecular weight excluding hydrogens is 402 g/mol. The van der Waals surface area contributed by atoms with Gasteiger partial charge in [-0.1, -0.05) is 42.1 Å². The van der Waals surface area contributed by atoms with Gasteiger partial charge in [-0.3, -0.25) is 9.69 Å². The van der Waals surface area contributed by atoms with Gasteiger partial charge < -0.3 is 20.9 Å². The van der Waals surface area contributed by atoms with Gasteiger partial charge >= 0.3 is 13.1 Å². The zero-order valence-corrected chi connectivity index (χ0v) is 17.7. The average molecular weight is 431 g/mol. The second kappa shape index (κ2) is 10.3. The van der Waals surface area contributed by atoms with Crippen LogP contribution >= 0.6 is 23.2 Å². The third-order valence-electron chi connectivity index (χ3n) is 5.92. The lowest BCUT2D eigenvalue weighted by molar-refractivity contribution is -0.147. The van der Waals surface area contributed by atoms with E-state index in [-0.39, 0.29) is 18.3 Å².